The van der Waals surface area contributed by atoms with E-state index < -0.39 is 0 Å². The summed E-state index contributed by atoms with van der Waals surface area (Å²) in [6.45, 7) is 10.1. The van der Waals surface area contributed by atoms with Crippen molar-refractivity contribution in [2.24, 2.45) is 5.73 Å². The molecular weight excluding hydrogens is 279 g/mol. The van der Waals surface area contributed by atoms with E-state index in [1.807, 2.05) is 6.92 Å². The predicted molar refractivity (Wildman–Crippen MR) is 92.1 cm³/mol. The fourth-order valence-corrected chi connectivity index (χ4v) is 1.83. The Morgan fingerprint density at radius 3 is 2.36 bits per heavy atom. The van der Waals surface area contributed by atoms with E-state index in [2.05, 4.69) is 13.8 Å². The van der Waals surface area contributed by atoms with Crippen LogP contribution in [0.25, 0.3) is 0 Å². The number of nitrogens with two attached hydrogens (primary N) is 1. The molecule has 0 bridgehead atoms. The fourth-order valence-electron chi connectivity index (χ4n) is 1.83. The van der Waals surface area contributed by atoms with Crippen molar-refractivity contribution in [2.45, 2.75) is 53.9 Å². The number of rotatable bonds is 6. The summed E-state index contributed by atoms with van der Waals surface area (Å²) in [5, 5.41) is 7.61. The van der Waals surface area contributed by atoms with Crippen LogP contribution in [0.1, 0.15) is 52.5 Å². The summed E-state index contributed by atoms with van der Waals surface area (Å²) >= 11 is 0. The number of hydrogen-bond donors (Lipinski definition) is 2. The number of benzene rings is 1. The highest BCUT2D eigenvalue weighted by Gasteiger charge is 2.06. The maximum absolute atomic E-state index is 13.4. The summed E-state index contributed by atoms with van der Waals surface area (Å²) in [5.41, 5.74) is 8.65. The van der Waals surface area contributed by atoms with Gasteiger partial charge in [-0.3, -0.25) is 0 Å². The van der Waals surface area contributed by atoms with E-state index >= 15 is 0 Å². The van der Waals surface area contributed by atoms with Crippen LogP contribution in [0.2, 0.25) is 0 Å². The maximum atomic E-state index is 13.4. The van der Waals surface area contributed by atoms with Crippen molar-refractivity contribution in [1.29, 1.82) is 5.41 Å². The van der Waals surface area contributed by atoms with Gasteiger partial charge in [-0.1, -0.05) is 26.3 Å². The zero-order valence-electron chi connectivity index (χ0n) is 14.4. The van der Waals surface area contributed by atoms with E-state index in [9.17, 15) is 4.39 Å². The first-order chi connectivity index (χ1) is 10.3. The molecule has 124 valence electrons. The molecule has 1 aromatic rings. The second-order valence-electron chi connectivity index (χ2n) is 5.38. The summed E-state index contributed by atoms with van der Waals surface area (Å²) in [5.74, 6) is -0.0684. The van der Waals surface area contributed by atoms with Crippen molar-refractivity contribution < 1.29 is 9.13 Å². The number of ether oxygens (including phenoxy) is 1. The first-order valence-corrected chi connectivity index (χ1v) is 7.73. The molecule has 4 heteroatoms. The van der Waals surface area contributed by atoms with Crippen molar-refractivity contribution in [1.82, 2.24) is 0 Å². The zero-order chi connectivity index (χ0) is 17.1. The lowest BCUT2D eigenvalue weighted by Crippen LogP contribution is -2.08. The fraction of sp³-hybridized carbons (Fsp3) is 0.500. The largest absolute Gasteiger partial charge is 0.490 e. The second kappa shape index (κ2) is 10.8. The van der Waals surface area contributed by atoms with Crippen LogP contribution < -0.4 is 10.5 Å². The molecule has 0 radical (unpaired) electrons. The molecule has 1 aromatic carbocycles. The Labute approximate surface area is 133 Å². The van der Waals surface area contributed by atoms with Gasteiger partial charge in [-0.15, -0.1) is 0 Å². The molecule has 0 fully saturated rings. The van der Waals surface area contributed by atoms with Gasteiger partial charge in [0.25, 0.3) is 0 Å². The van der Waals surface area contributed by atoms with E-state index in [-0.39, 0.29) is 11.6 Å². The molecule has 22 heavy (non-hydrogen) atoms. The lowest BCUT2D eigenvalue weighted by atomic mass is 10.0. The molecule has 0 spiro atoms. The number of hydrogen-bond acceptors (Lipinski definition) is 3. The first kappa shape index (κ1) is 20.2. The molecule has 0 unspecified atom stereocenters. The maximum Gasteiger partial charge on any atom is 0.165 e. The van der Waals surface area contributed by atoms with Gasteiger partial charge in [0, 0.05) is 11.4 Å². The van der Waals surface area contributed by atoms with Crippen LogP contribution in [0.3, 0.4) is 0 Å². The molecule has 3 N–H and O–H groups in total. The van der Waals surface area contributed by atoms with E-state index in [0.29, 0.717) is 30.9 Å². The Balaban J connectivity index is 0.00000135. The number of allylic oxidation sites excluding steroid dienone is 2. The van der Waals surface area contributed by atoms with E-state index in [1.165, 1.54) is 12.5 Å². The molecule has 0 aromatic heterocycles. The molecule has 0 amide bonds. The normalized spacial score (nSPS) is 11.2. The Hall–Kier alpha value is -1.84. The number of halogens is 1. The standard InChI is InChI=1S/C15H21FN2O.C3H8/c1-10-6-7-14(16)15(9-10)19-8-4-5-13(11(2)17)12(3)18;1-3-2/h6-7,9,17H,4-5,8,18H2,1-3H3;3H2,1-2H3/b13-12-,17-11?;. The average Bonchev–Trinajstić information content (AvgIpc) is 2.42. The minimum Gasteiger partial charge on any atom is -0.490 e. The van der Waals surface area contributed by atoms with Crippen LogP contribution in [0.5, 0.6) is 5.75 Å². The molecule has 0 saturated carbocycles. The average molecular weight is 308 g/mol. The van der Waals surface area contributed by atoms with E-state index in [1.54, 1.807) is 26.0 Å². The lowest BCUT2D eigenvalue weighted by Gasteiger charge is -2.10. The van der Waals surface area contributed by atoms with Crippen LogP contribution in [0, 0.1) is 18.2 Å². The molecule has 0 saturated heterocycles. The molecule has 1 rings (SSSR count). The lowest BCUT2D eigenvalue weighted by molar-refractivity contribution is 0.296. The van der Waals surface area contributed by atoms with Gasteiger partial charge < -0.3 is 15.9 Å². The Bertz CT molecular complexity index is 506. The van der Waals surface area contributed by atoms with Gasteiger partial charge >= 0.3 is 0 Å². The zero-order valence-corrected chi connectivity index (χ0v) is 14.4. The summed E-state index contributed by atoms with van der Waals surface area (Å²) < 4.78 is 18.8. The molecule has 0 heterocycles. The summed E-state index contributed by atoms with van der Waals surface area (Å²) in [6, 6.07) is 4.79. The second-order valence-corrected chi connectivity index (χ2v) is 5.38. The SMILES string of the molecule is CC(=N)/C(CCCOc1cc(C)ccc1F)=C(/C)N.CCC. The van der Waals surface area contributed by atoms with Gasteiger partial charge in [-0.25, -0.2) is 4.39 Å². The number of nitrogens with one attached hydrogen (secondary N) is 1. The molecule has 3 nitrogen and oxygen atoms in total. The van der Waals surface area contributed by atoms with Gasteiger partial charge in [-0.05, 0) is 56.9 Å². The highest BCUT2D eigenvalue weighted by atomic mass is 19.1. The topological polar surface area (TPSA) is 59.1 Å². The van der Waals surface area contributed by atoms with Crippen molar-refractivity contribution in [3.63, 3.8) is 0 Å². The Morgan fingerprint density at radius 2 is 1.86 bits per heavy atom. The minimum absolute atomic E-state index is 0.279. The third-order valence-electron chi connectivity index (χ3n) is 2.84. The molecule has 0 aliphatic heterocycles. The van der Waals surface area contributed by atoms with Crippen molar-refractivity contribution in [3.8, 4) is 5.75 Å². The molecule has 0 atom stereocenters. The molecule has 0 aliphatic rings. The highest BCUT2D eigenvalue weighted by molar-refractivity contribution is 5.96. The summed E-state index contributed by atoms with van der Waals surface area (Å²) in [4.78, 5) is 0. The summed E-state index contributed by atoms with van der Waals surface area (Å²) in [7, 11) is 0. The molecule has 0 aliphatic carbocycles. The molecular formula is C18H29FN2O. The van der Waals surface area contributed by atoms with Crippen molar-refractivity contribution in [3.05, 3.63) is 40.8 Å². The van der Waals surface area contributed by atoms with Gasteiger partial charge in [-0.2, -0.15) is 0 Å². The van der Waals surface area contributed by atoms with Crippen molar-refractivity contribution in [2.75, 3.05) is 6.61 Å². The highest BCUT2D eigenvalue weighted by Crippen LogP contribution is 2.19. The van der Waals surface area contributed by atoms with Gasteiger partial charge in [0.1, 0.15) is 0 Å². The van der Waals surface area contributed by atoms with Gasteiger partial charge in [0.15, 0.2) is 11.6 Å². The Kier molecular flexibility index (Phi) is 9.92. The van der Waals surface area contributed by atoms with Crippen LogP contribution in [-0.4, -0.2) is 12.3 Å². The van der Waals surface area contributed by atoms with Gasteiger partial charge in [0.2, 0.25) is 0 Å². The Morgan fingerprint density at radius 1 is 1.27 bits per heavy atom. The quantitative estimate of drug-likeness (QED) is 0.575. The van der Waals surface area contributed by atoms with E-state index in [4.69, 9.17) is 15.9 Å². The van der Waals surface area contributed by atoms with Crippen LogP contribution in [0.4, 0.5) is 4.39 Å². The third-order valence-corrected chi connectivity index (χ3v) is 2.84. The van der Waals surface area contributed by atoms with Crippen LogP contribution in [-0.2, 0) is 0 Å². The smallest absolute Gasteiger partial charge is 0.165 e. The van der Waals surface area contributed by atoms with Gasteiger partial charge in [0.05, 0.1) is 6.61 Å². The minimum atomic E-state index is -0.348. The van der Waals surface area contributed by atoms with E-state index in [0.717, 1.165) is 11.1 Å². The predicted octanol–water partition coefficient (Wildman–Crippen LogP) is 4.98. The summed E-state index contributed by atoms with van der Waals surface area (Å²) in [6.07, 6.45) is 2.62. The number of aryl methyl sites for hydroxylation is 1. The van der Waals surface area contributed by atoms with Crippen molar-refractivity contribution >= 4 is 5.71 Å². The third kappa shape index (κ3) is 7.81. The van der Waals surface area contributed by atoms with Crippen LogP contribution in [0.15, 0.2) is 29.5 Å². The first-order valence-electron chi connectivity index (χ1n) is 7.73. The van der Waals surface area contributed by atoms with Crippen LogP contribution >= 0.6 is 0 Å². The monoisotopic (exact) mass is 308 g/mol.